The summed E-state index contributed by atoms with van der Waals surface area (Å²) in [6.07, 6.45) is 0. The van der Waals surface area contributed by atoms with Gasteiger partial charge in [-0.25, -0.2) is 9.07 Å². The third kappa shape index (κ3) is 2.66. The molecule has 1 aliphatic rings. The van der Waals surface area contributed by atoms with Crippen molar-refractivity contribution in [2.24, 2.45) is 0 Å². The highest BCUT2D eigenvalue weighted by Gasteiger charge is 2.38. The van der Waals surface area contributed by atoms with Crippen LogP contribution in [0.1, 0.15) is 24.4 Å². The highest BCUT2D eigenvalue weighted by molar-refractivity contribution is 8.00. The molecule has 8 heteroatoms. The second kappa shape index (κ2) is 5.96. The van der Waals surface area contributed by atoms with Crippen LogP contribution in [-0.4, -0.2) is 32.7 Å². The molecule has 3 rings (SSSR count). The number of carbonyl (C=O) groups is 1. The van der Waals surface area contributed by atoms with Gasteiger partial charge in [0.1, 0.15) is 16.9 Å². The van der Waals surface area contributed by atoms with Crippen molar-refractivity contribution in [3.05, 3.63) is 41.5 Å². The summed E-state index contributed by atoms with van der Waals surface area (Å²) in [5.74, 6) is 0.0409. The number of nitrogens with one attached hydrogen (secondary N) is 1. The van der Waals surface area contributed by atoms with E-state index in [-0.39, 0.29) is 17.8 Å². The second-order valence-corrected chi connectivity index (χ2v) is 5.92. The van der Waals surface area contributed by atoms with Crippen LogP contribution in [0.25, 0.3) is 0 Å². The van der Waals surface area contributed by atoms with Gasteiger partial charge in [-0.3, -0.25) is 4.79 Å². The number of benzene rings is 1. The molecule has 1 aromatic heterocycles. The topological polar surface area (TPSA) is 69.0 Å². The number of hydrogen-bond acceptors (Lipinski definition) is 6. The van der Waals surface area contributed by atoms with Crippen LogP contribution < -0.4 is 5.43 Å². The Balaban J connectivity index is 1.97. The highest BCUT2D eigenvalue weighted by atomic mass is 32.2. The van der Waals surface area contributed by atoms with E-state index in [0.29, 0.717) is 17.6 Å². The standard InChI is InChI=1S/C14H15FN4O2S/c1-3-21-13(20)12-11(9-4-6-10(15)7-5-9)18-19-8(2)16-17-14(19)22-12/h4-7,11-12,18H,3H2,1-2H3/t11-,12-/m0/s1. The predicted octanol–water partition coefficient (Wildman–Crippen LogP) is 2.05. The minimum Gasteiger partial charge on any atom is -0.465 e. The number of ether oxygens (including phenoxy) is 1. The van der Waals surface area contributed by atoms with Crippen molar-refractivity contribution in [2.75, 3.05) is 12.0 Å². The molecule has 1 aromatic carbocycles. The summed E-state index contributed by atoms with van der Waals surface area (Å²) in [5, 5.41) is 8.13. The number of esters is 1. The second-order valence-electron chi connectivity index (χ2n) is 4.81. The van der Waals surface area contributed by atoms with Gasteiger partial charge in [0.2, 0.25) is 5.16 Å². The van der Waals surface area contributed by atoms with Crippen molar-refractivity contribution in [1.82, 2.24) is 14.9 Å². The number of aryl methyl sites for hydroxylation is 1. The molecule has 116 valence electrons. The molecule has 0 amide bonds. The quantitative estimate of drug-likeness (QED) is 0.872. The monoisotopic (exact) mass is 322 g/mol. The first-order valence-corrected chi connectivity index (χ1v) is 7.75. The molecule has 0 unspecified atom stereocenters. The zero-order valence-corrected chi connectivity index (χ0v) is 12.9. The van der Waals surface area contributed by atoms with Gasteiger partial charge in [-0.15, -0.1) is 10.2 Å². The van der Waals surface area contributed by atoms with Crippen molar-refractivity contribution in [3.63, 3.8) is 0 Å². The molecular formula is C14H15FN4O2S. The number of rotatable bonds is 3. The summed E-state index contributed by atoms with van der Waals surface area (Å²) >= 11 is 1.29. The van der Waals surface area contributed by atoms with E-state index in [1.165, 1.54) is 23.9 Å². The van der Waals surface area contributed by atoms with Crippen LogP contribution in [0.4, 0.5) is 4.39 Å². The number of thioether (sulfide) groups is 1. The summed E-state index contributed by atoms with van der Waals surface area (Å²) < 4.78 is 20.0. The molecule has 2 heterocycles. The average molecular weight is 322 g/mol. The van der Waals surface area contributed by atoms with Crippen molar-refractivity contribution < 1.29 is 13.9 Å². The first-order chi connectivity index (χ1) is 10.6. The molecule has 0 spiro atoms. The Bertz CT molecular complexity index is 689. The fourth-order valence-electron chi connectivity index (χ4n) is 2.28. The number of fused-ring (bicyclic) bond motifs is 1. The molecule has 22 heavy (non-hydrogen) atoms. The van der Waals surface area contributed by atoms with Crippen LogP contribution in [0.2, 0.25) is 0 Å². The summed E-state index contributed by atoms with van der Waals surface area (Å²) in [5.41, 5.74) is 4.01. The molecule has 0 fully saturated rings. The maximum absolute atomic E-state index is 13.1. The van der Waals surface area contributed by atoms with Gasteiger partial charge < -0.3 is 10.2 Å². The number of hydrogen-bond donors (Lipinski definition) is 1. The molecule has 2 atom stereocenters. The van der Waals surface area contributed by atoms with Crippen molar-refractivity contribution >= 4 is 17.7 Å². The Morgan fingerprint density at radius 2 is 2.14 bits per heavy atom. The zero-order chi connectivity index (χ0) is 15.7. The van der Waals surface area contributed by atoms with E-state index >= 15 is 0 Å². The SMILES string of the molecule is CCOC(=O)[C@H]1Sc2nnc(C)n2N[C@H]1c1ccc(F)cc1. The maximum atomic E-state index is 13.1. The lowest BCUT2D eigenvalue weighted by molar-refractivity contribution is -0.142. The van der Waals surface area contributed by atoms with Crippen LogP contribution >= 0.6 is 11.8 Å². The molecule has 0 bridgehead atoms. The lowest BCUT2D eigenvalue weighted by Crippen LogP contribution is -2.39. The smallest absolute Gasteiger partial charge is 0.322 e. The Hall–Kier alpha value is -2.09. The summed E-state index contributed by atoms with van der Waals surface area (Å²) in [6, 6.07) is 5.71. The van der Waals surface area contributed by atoms with E-state index in [1.54, 1.807) is 23.7 Å². The lowest BCUT2D eigenvalue weighted by atomic mass is 10.0. The van der Waals surface area contributed by atoms with Crippen LogP contribution in [0.3, 0.4) is 0 Å². The van der Waals surface area contributed by atoms with Gasteiger partial charge in [0.15, 0.2) is 0 Å². The van der Waals surface area contributed by atoms with Crippen molar-refractivity contribution in [1.29, 1.82) is 0 Å². The van der Waals surface area contributed by atoms with Crippen LogP contribution in [-0.2, 0) is 9.53 Å². The largest absolute Gasteiger partial charge is 0.465 e. The summed E-state index contributed by atoms with van der Waals surface area (Å²) in [6.45, 7) is 3.88. The van der Waals surface area contributed by atoms with E-state index in [0.717, 1.165) is 5.56 Å². The van der Waals surface area contributed by atoms with E-state index in [2.05, 4.69) is 15.6 Å². The van der Waals surface area contributed by atoms with Gasteiger partial charge in [-0.05, 0) is 31.5 Å². The number of halogens is 1. The Morgan fingerprint density at radius 1 is 1.41 bits per heavy atom. The van der Waals surface area contributed by atoms with Gasteiger partial charge >= 0.3 is 5.97 Å². The fraction of sp³-hybridized carbons (Fsp3) is 0.357. The van der Waals surface area contributed by atoms with Crippen LogP contribution in [0, 0.1) is 12.7 Å². The Morgan fingerprint density at radius 3 is 2.82 bits per heavy atom. The van der Waals surface area contributed by atoms with Crippen molar-refractivity contribution in [3.8, 4) is 0 Å². The molecule has 2 aromatic rings. The first-order valence-electron chi connectivity index (χ1n) is 6.87. The highest BCUT2D eigenvalue weighted by Crippen LogP contribution is 2.37. The fourth-order valence-corrected chi connectivity index (χ4v) is 3.41. The van der Waals surface area contributed by atoms with E-state index in [1.807, 2.05) is 6.92 Å². The van der Waals surface area contributed by atoms with Gasteiger partial charge in [0, 0.05) is 0 Å². The third-order valence-corrected chi connectivity index (χ3v) is 4.54. The molecule has 0 saturated heterocycles. The van der Waals surface area contributed by atoms with Crippen LogP contribution in [0.15, 0.2) is 29.4 Å². The molecular weight excluding hydrogens is 307 g/mol. The Kier molecular flexibility index (Phi) is 4.02. The third-order valence-electron chi connectivity index (χ3n) is 3.35. The molecule has 1 N–H and O–H groups in total. The normalized spacial score (nSPS) is 20.1. The van der Waals surface area contributed by atoms with Gasteiger partial charge in [0.25, 0.3) is 0 Å². The maximum Gasteiger partial charge on any atom is 0.322 e. The van der Waals surface area contributed by atoms with Gasteiger partial charge in [-0.1, -0.05) is 23.9 Å². The molecule has 0 aliphatic carbocycles. The van der Waals surface area contributed by atoms with Crippen molar-refractivity contribution in [2.45, 2.75) is 30.3 Å². The summed E-state index contributed by atoms with van der Waals surface area (Å²) in [4.78, 5) is 12.3. The predicted molar refractivity (Wildman–Crippen MR) is 79.5 cm³/mol. The molecule has 0 radical (unpaired) electrons. The number of nitrogens with zero attached hydrogens (tertiary/aromatic N) is 3. The van der Waals surface area contributed by atoms with Crippen LogP contribution in [0.5, 0.6) is 0 Å². The number of carbonyl (C=O) groups excluding carboxylic acids is 1. The molecule has 0 saturated carbocycles. The Labute approximate surface area is 131 Å². The molecule has 1 aliphatic heterocycles. The van der Waals surface area contributed by atoms with Gasteiger partial charge in [-0.2, -0.15) is 0 Å². The van der Waals surface area contributed by atoms with E-state index in [9.17, 15) is 9.18 Å². The zero-order valence-electron chi connectivity index (χ0n) is 12.1. The lowest BCUT2D eigenvalue weighted by Gasteiger charge is -2.32. The molecule has 6 nitrogen and oxygen atoms in total. The minimum absolute atomic E-state index is 0.303. The summed E-state index contributed by atoms with van der Waals surface area (Å²) in [7, 11) is 0. The number of aromatic nitrogens is 3. The van der Waals surface area contributed by atoms with E-state index < -0.39 is 5.25 Å². The average Bonchev–Trinajstić information content (AvgIpc) is 2.88. The first kappa shape index (κ1) is 14.8. The van der Waals surface area contributed by atoms with Gasteiger partial charge in [0.05, 0.1) is 12.6 Å². The minimum atomic E-state index is -0.512. The van der Waals surface area contributed by atoms with E-state index in [4.69, 9.17) is 4.74 Å².